The second-order valence-corrected chi connectivity index (χ2v) is 4.75. The predicted octanol–water partition coefficient (Wildman–Crippen LogP) is 4.04. The molecule has 0 saturated carbocycles. The molecule has 1 aromatic heterocycles. The van der Waals surface area contributed by atoms with Crippen LogP contribution in [0.4, 0.5) is 4.39 Å². The largest absolute Gasteiger partial charge is 0.313 e. The van der Waals surface area contributed by atoms with Crippen molar-refractivity contribution in [2.24, 2.45) is 0 Å². The number of nitrogens with one attached hydrogen (secondary N) is 1. The number of pyridine rings is 1. The van der Waals surface area contributed by atoms with Crippen LogP contribution in [0.1, 0.15) is 18.9 Å². The van der Waals surface area contributed by atoms with Crippen molar-refractivity contribution in [3.05, 3.63) is 53.1 Å². The molecule has 0 bridgehead atoms. The maximum atomic E-state index is 13.7. The highest BCUT2D eigenvalue weighted by Gasteiger charge is 2.09. The lowest BCUT2D eigenvalue weighted by Gasteiger charge is -2.09. The van der Waals surface area contributed by atoms with Gasteiger partial charge in [-0.1, -0.05) is 30.7 Å². The second-order valence-electron chi connectivity index (χ2n) is 4.35. The van der Waals surface area contributed by atoms with Crippen LogP contribution in [0.2, 0.25) is 5.02 Å². The molecule has 1 N–H and O–H groups in total. The molecule has 0 saturated heterocycles. The first-order chi connectivity index (χ1) is 9.22. The Labute approximate surface area is 117 Å². The van der Waals surface area contributed by atoms with Crippen molar-refractivity contribution in [2.75, 3.05) is 6.54 Å². The highest BCUT2D eigenvalue weighted by Crippen LogP contribution is 2.30. The van der Waals surface area contributed by atoms with E-state index in [2.05, 4.69) is 17.2 Å². The molecule has 4 heteroatoms. The molecule has 0 unspecified atom stereocenters. The van der Waals surface area contributed by atoms with Crippen LogP contribution in [-0.2, 0) is 6.54 Å². The van der Waals surface area contributed by atoms with Crippen LogP contribution < -0.4 is 5.32 Å². The summed E-state index contributed by atoms with van der Waals surface area (Å²) in [5, 5.41) is 3.86. The maximum Gasteiger partial charge on any atom is 0.149 e. The van der Waals surface area contributed by atoms with E-state index in [0.29, 0.717) is 16.1 Å². The molecular weight excluding hydrogens is 263 g/mol. The summed E-state index contributed by atoms with van der Waals surface area (Å²) in [7, 11) is 0. The van der Waals surface area contributed by atoms with Crippen molar-refractivity contribution in [3.63, 3.8) is 0 Å². The third kappa shape index (κ3) is 3.52. The summed E-state index contributed by atoms with van der Waals surface area (Å²) in [5.74, 6) is -0.360. The minimum atomic E-state index is -0.360. The smallest absolute Gasteiger partial charge is 0.149 e. The van der Waals surface area contributed by atoms with Gasteiger partial charge >= 0.3 is 0 Å². The third-order valence-electron chi connectivity index (χ3n) is 2.85. The lowest BCUT2D eigenvalue weighted by Crippen LogP contribution is -2.13. The van der Waals surface area contributed by atoms with Crippen LogP contribution in [0.15, 0.2) is 36.7 Å². The van der Waals surface area contributed by atoms with Gasteiger partial charge in [-0.25, -0.2) is 4.39 Å². The summed E-state index contributed by atoms with van der Waals surface area (Å²) >= 11 is 6.23. The molecule has 1 heterocycles. The molecule has 1 aromatic carbocycles. The van der Waals surface area contributed by atoms with Crippen molar-refractivity contribution in [1.29, 1.82) is 0 Å². The average Bonchev–Trinajstić information content (AvgIpc) is 2.40. The van der Waals surface area contributed by atoms with E-state index in [0.717, 1.165) is 25.1 Å². The summed E-state index contributed by atoms with van der Waals surface area (Å²) in [6, 6.07) is 7.32. The van der Waals surface area contributed by atoms with Crippen molar-refractivity contribution >= 4 is 11.6 Å². The van der Waals surface area contributed by atoms with Crippen LogP contribution in [-0.4, -0.2) is 11.5 Å². The zero-order chi connectivity index (χ0) is 13.7. The Morgan fingerprint density at radius 2 is 2.11 bits per heavy atom. The van der Waals surface area contributed by atoms with E-state index in [9.17, 15) is 4.39 Å². The molecular formula is C15H16ClFN2. The van der Waals surface area contributed by atoms with Crippen molar-refractivity contribution in [2.45, 2.75) is 19.9 Å². The summed E-state index contributed by atoms with van der Waals surface area (Å²) in [5.41, 5.74) is 2.27. The summed E-state index contributed by atoms with van der Waals surface area (Å²) in [6.45, 7) is 3.86. The molecule has 0 radical (unpaired) electrons. The number of nitrogens with zero attached hydrogens (tertiary/aromatic N) is 1. The van der Waals surface area contributed by atoms with Crippen LogP contribution in [0.3, 0.4) is 0 Å². The van der Waals surface area contributed by atoms with E-state index in [-0.39, 0.29) is 5.82 Å². The number of hydrogen-bond acceptors (Lipinski definition) is 2. The molecule has 19 heavy (non-hydrogen) atoms. The number of hydrogen-bond donors (Lipinski definition) is 1. The molecule has 100 valence electrons. The minimum absolute atomic E-state index is 0.360. The fourth-order valence-corrected chi connectivity index (χ4v) is 2.20. The number of benzene rings is 1. The summed E-state index contributed by atoms with van der Waals surface area (Å²) in [6.07, 6.45) is 3.85. The predicted molar refractivity (Wildman–Crippen MR) is 76.6 cm³/mol. The number of halogens is 2. The van der Waals surface area contributed by atoms with Gasteiger partial charge in [-0.2, -0.15) is 0 Å². The van der Waals surface area contributed by atoms with Gasteiger partial charge in [0.25, 0.3) is 0 Å². The van der Waals surface area contributed by atoms with Crippen molar-refractivity contribution in [3.8, 4) is 11.1 Å². The normalized spacial score (nSPS) is 10.7. The minimum Gasteiger partial charge on any atom is -0.313 e. The van der Waals surface area contributed by atoms with E-state index in [1.165, 1.54) is 6.20 Å². The molecule has 2 nitrogen and oxygen atoms in total. The molecule has 0 aliphatic rings. The van der Waals surface area contributed by atoms with Crippen LogP contribution in [0.25, 0.3) is 11.1 Å². The average molecular weight is 279 g/mol. The van der Waals surface area contributed by atoms with Gasteiger partial charge in [-0.15, -0.1) is 0 Å². The Balaban J connectivity index is 2.22. The number of rotatable bonds is 5. The SMILES string of the molecule is CCCNCc1ccc(-c2ccncc2F)c(Cl)c1. The van der Waals surface area contributed by atoms with Gasteiger partial charge in [-0.05, 0) is 30.7 Å². The summed E-state index contributed by atoms with van der Waals surface area (Å²) in [4.78, 5) is 3.74. The summed E-state index contributed by atoms with van der Waals surface area (Å²) < 4.78 is 13.7. The molecule has 2 rings (SSSR count). The van der Waals surface area contributed by atoms with Gasteiger partial charge in [0.1, 0.15) is 5.82 Å². The van der Waals surface area contributed by atoms with E-state index in [1.807, 2.05) is 18.2 Å². The van der Waals surface area contributed by atoms with Crippen LogP contribution in [0, 0.1) is 5.82 Å². The highest BCUT2D eigenvalue weighted by atomic mass is 35.5. The van der Waals surface area contributed by atoms with Crippen LogP contribution in [0.5, 0.6) is 0 Å². The first kappa shape index (κ1) is 14.0. The lowest BCUT2D eigenvalue weighted by atomic mass is 10.0. The zero-order valence-corrected chi connectivity index (χ0v) is 11.5. The molecule has 2 aromatic rings. The Bertz CT molecular complexity index is 558. The molecule has 0 amide bonds. The second kappa shape index (κ2) is 6.64. The van der Waals surface area contributed by atoms with E-state index in [1.54, 1.807) is 12.3 Å². The van der Waals surface area contributed by atoms with Gasteiger partial charge in [0.2, 0.25) is 0 Å². The highest BCUT2D eigenvalue weighted by molar-refractivity contribution is 6.33. The van der Waals surface area contributed by atoms with Crippen LogP contribution >= 0.6 is 11.6 Å². The molecule has 0 aliphatic heterocycles. The van der Waals surface area contributed by atoms with E-state index < -0.39 is 0 Å². The first-order valence-electron chi connectivity index (χ1n) is 6.31. The zero-order valence-electron chi connectivity index (χ0n) is 10.8. The van der Waals surface area contributed by atoms with E-state index >= 15 is 0 Å². The molecule has 0 atom stereocenters. The fraction of sp³-hybridized carbons (Fsp3) is 0.267. The van der Waals surface area contributed by atoms with Crippen molar-refractivity contribution < 1.29 is 4.39 Å². The molecule has 0 spiro atoms. The Hall–Kier alpha value is -1.45. The number of aromatic nitrogens is 1. The van der Waals surface area contributed by atoms with Crippen molar-refractivity contribution in [1.82, 2.24) is 10.3 Å². The third-order valence-corrected chi connectivity index (χ3v) is 3.16. The van der Waals surface area contributed by atoms with Gasteiger partial charge in [0, 0.05) is 28.9 Å². The molecule has 0 fully saturated rings. The van der Waals surface area contributed by atoms with Gasteiger partial charge in [0.05, 0.1) is 6.20 Å². The topological polar surface area (TPSA) is 24.9 Å². The van der Waals surface area contributed by atoms with Gasteiger partial charge < -0.3 is 5.32 Å². The fourth-order valence-electron chi connectivity index (χ4n) is 1.89. The molecule has 0 aliphatic carbocycles. The Morgan fingerprint density at radius 3 is 2.79 bits per heavy atom. The Morgan fingerprint density at radius 1 is 1.26 bits per heavy atom. The lowest BCUT2D eigenvalue weighted by molar-refractivity contribution is 0.625. The first-order valence-corrected chi connectivity index (χ1v) is 6.69. The quantitative estimate of drug-likeness (QED) is 0.835. The van der Waals surface area contributed by atoms with Gasteiger partial charge in [-0.3, -0.25) is 4.98 Å². The standard InChI is InChI=1S/C15H16ClFN2/c1-2-6-18-9-11-3-4-12(14(16)8-11)13-5-7-19-10-15(13)17/h3-5,7-8,10,18H,2,6,9H2,1H3. The van der Waals surface area contributed by atoms with E-state index in [4.69, 9.17) is 11.6 Å². The maximum absolute atomic E-state index is 13.7. The Kier molecular flexibility index (Phi) is 4.88. The monoisotopic (exact) mass is 278 g/mol. The van der Waals surface area contributed by atoms with Gasteiger partial charge in [0.15, 0.2) is 0 Å².